The van der Waals surface area contributed by atoms with Gasteiger partial charge < -0.3 is 4.55 Å². The molecule has 3 heterocycles. The minimum Gasteiger partial charge on any atom is -0.741 e. The molecule has 3 aromatic heterocycles. The molecule has 136 valence electrons. The standard InChI is InChI=1S/C15H11N3.CHF3O3S/c1-3-10-16-12(6-1)14-8-5-9-15(18-14)13-7-2-4-11-17-13;2-1(3,4)8(5,6)7/h1-11H;(H,5,6,7). The highest BCUT2D eigenvalue weighted by atomic mass is 32.2. The van der Waals surface area contributed by atoms with Gasteiger partial charge in [-0.05, 0) is 30.3 Å². The summed E-state index contributed by atoms with van der Waals surface area (Å²) in [6, 6.07) is 17.7. The molecule has 3 aromatic rings. The molecule has 0 saturated carbocycles. The molecule has 3 rings (SSSR count). The van der Waals surface area contributed by atoms with Crippen LogP contribution in [0, 0.1) is 0 Å². The predicted octanol–water partition coefficient (Wildman–Crippen LogP) is 2.68. The van der Waals surface area contributed by atoms with Crippen molar-refractivity contribution in [2.75, 3.05) is 0 Å². The van der Waals surface area contributed by atoms with Gasteiger partial charge in [-0.15, -0.1) is 0 Å². The summed E-state index contributed by atoms with van der Waals surface area (Å²) in [4.78, 5) is 12.1. The molecule has 0 aromatic carbocycles. The molecular formula is C16H12F3N3O3S. The third-order valence-corrected chi connectivity index (χ3v) is 3.51. The Kier molecular flexibility index (Phi) is 6.01. The first-order chi connectivity index (χ1) is 12.2. The quantitative estimate of drug-likeness (QED) is 0.501. The number of hydrogen-bond donors (Lipinski definition) is 0. The molecule has 6 nitrogen and oxygen atoms in total. The van der Waals surface area contributed by atoms with Gasteiger partial charge in [0.05, 0.1) is 11.4 Å². The van der Waals surface area contributed by atoms with Gasteiger partial charge in [0, 0.05) is 18.3 Å². The summed E-state index contributed by atoms with van der Waals surface area (Å²) in [5.74, 6) is 0. The molecule has 26 heavy (non-hydrogen) atoms. The van der Waals surface area contributed by atoms with Gasteiger partial charge in [0.2, 0.25) is 5.69 Å². The first kappa shape index (κ1) is 19.5. The van der Waals surface area contributed by atoms with Crippen molar-refractivity contribution in [3.8, 4) is 22.8 Å². The van der Waals surface area contributed by atoms with E-state index in [9.17, 15) is 13.2 Å². The maximum Gasteiger partial charge on any atom is 0.485 e. The highest BCUT2D eigenvalue weighted by Gasteiger charge is 2.36. The number of nitrogens with zero attached hydrogens (tertiary/aromatic N) is 2. The van der Waals surface area contributed by atoms with E-state index >= 15 is 0 Å². The second kappa shape index (κ2) is 8.02. The Morgan fingerprint density at radius 3 is 2.04 bits per heavy atom. The lowest BCUT2D eigenvalue weighted by molar-refractivity contribution is -0.364. The molecule has 0 saturated heterocycles. The van der Waals surface area contributed by atoms with Gasteiger partial charge in [-0.3, -0.25) is 4.98 Å². The maximum atomic E-state index is 10.7. The minimum atomic E-state index is -6.09. The Bertz CT molecular complexity index is 896. The smallest absolute Gasteiger partial charge is 0.485 e. The lowest BCUT2D eigenvalue weighted by Crippen LogP contribution is -2.21. The van der Waals surface area contributed by atoms with Crippen molar-refractivity contribution in [1.29, 1.82) is 0 Å². The normalized spacial score (nSPS) is 11.4. The monoisotopic (exact) mass is 383 g/mol. The Morgan fingerprint density at radius 2 is 1.50 bits per heavy atom. The third kappa shape index (κ3) is 5.33. The van der Waals surface area contributed by atoms with Crippen LogP contribution in [0.1, 0.15) is 0 Å². The van der Waals surface area contributed by atoms with Crippen LogP contribution in [0.3, 0.4) is 0 Å². The molecule has 0 bridgehead atoms. The Hall–Kier alpha value is -2.85. The second-order valence-electron chi connectivity index (χ2n) is 4.80. The molecule has 0 amide bonds. The molecular weight excluding hydrogens is 371 g/mol. The van der Waals surface area contributed by atoms with Gasteiger partial charge in [-0.1, -0.05) is 12.1 Å². The van der Waals surface area contributed by atoms with E-state index < -0.39 is 15.6 Å². The zero-order valence-corrected chi connectivity index (χ0v) is 13.8. The van der Waals surface area contributed by atoms with E-state index in [0.717, 1.165) is 22.8 Å². The molecule has 0 atom stereocenters. The van der Waals surface area contributed by atoms with E-state index in [-0.39, 0.29) is 0 Å². The van der Waals surface area contributed by atoms with E-state index in [2.05, 4.69) is 15.0 Å². The number of pyridine rings is 3. The summed E-state index contributed by atoms with van der Waals surface area (Å²) in [7, 11) is -6.09. The molecule has 0 fully saturated rings. The van der Waals surface area contributed by atoms with Gasteiger partial charge in [-0.25, -0.2) is 18.4 Å². The fourth-order valence-corrected chi connectivity index (χ4v) is 1.79. The summed E-state index contributed by atoms with van der Waals surface area (Å²) in [6.07, 6.45) is 3.67. The predicted molar refractivity (Wildman–Crippen MR) is 85.2 cm³/mol. The minimum absolute atomic E-state index is 0.880. The number of rotatable bonds is 2. The largest absolute Gasteiger partial charge is 0.741 e. The van der Waals surface area contributed by atoms with Crippen molar-refractivity contribution in [2.24, 2.45) is 0 Å². The highest BCUT2D eigenvalue weighted by molar-refractivity contribution is 7.86. The van der Waals surface area contributed by atoms with Gasteiger partial charge in [0.15, 0.2) is 16.3 Å². The number of aromatic nitrogens is 3. The van der Waals surface area contributed by atoms with Crippen molar-refractivity contribution in [3.05, 3.63) is 67.0 Å². The van der Waals surface area contributed by atoms with Crippen LogP contribution >= 0.6 is 0 Å². The van der Waals surface area contributed by atoms with Crippen molar-refractivity contribution in [3.63, 3.8) is 0 Å². The first-order valence-corrected chi connectivity index (χ1v) is 8.47. The van der Waals surface area contributed by atoms with Crippen LogP contribution in [0.2, 0.25) is 0 Å². The van der Waals surface area contributed by atoms with Crippen molar-refractivity contribution in [2.45, 2.75) is 5.51 Å². The van der Waals surface area contributed by atoms with Crippen molar-refractivity contribution in [1.82, 2.24) is 9.97 Å². The summed E-state index contributed by atoms with van der Waals surface area (Å²) in [6.45, 7) is 0. The van der Waals surface area contributed by atoms with E-state index in [1.807, 2.05) is 60.8 Å². The van der Waals surface area contributed by atoms with Gasteiger partial charge in [0.25, 0.3) is 0 Å². The number of nitrogens with one attached hydrogen (secondary N) is 1. The number of halogens is 3. The molecule has 0 aliphatic rings. The highest BCUT2D eigenvalue weighted by Crippen LogP contribution is 2.20. The van der Waals surface area contributed by atoms with Crippen LogP contribution in [0.5, 0.6) is 0 Å². The zero-order chi connectivity index (χ0) is 19.2. The lowest BCUT2D eigenvalue weighted by Gasteiger charge is -2.08. The van der Waals surface area contributed by atoms with E-state index in [1.165, 1.54) is 0 Å². The SMILES string of the molecule is O=S(=O)([O-])C(F)(F)F.c1ccc(-c2cccc(-c3cccc[nH+]3)n2)nc1. The molecule has 0 radical (unpaired) electrons. The third-order valence-electron chi connectivity index (χ3n) is 2.94. The molecule has 0 aliphatic carbocycles. The van der Waals surface area contributed by atoms with Crippen LogP contribution in [0.25, 0.3) is 22.8 Å². The van der Waals surface area contributed by atoms with Crippen molar-refractivity contribution < 1.29 is 31.1 Å². The van der Waals surface area contributed by atoms with Crippen LogP contribution in [-0.4, -0.2) is 28.4 Å². The molecule has 10 heteroatoms. The second-order valence-corrected chi connectivity index (χ2v) is 6.17. The van der Waals surface area contributed by atoms with Crippen LogP contribution in [0.4, 0.5) is 13.2 Å². The van der Waals surface area contributed by atoms with E-state index in [0.29, 0.717) is 0 Å². The van der Waals surface area contributed by atoms with Gasteiger partial charge in [0.1, 0.15) is 5.69 Å². The first-order valence-electron chi connectivity index (χ1n) is 7.06. The number of hydrogen-bond acceptors (Lipinski definition) is 5. The fraction of sp³-hybridized carbons (Fsp3) is 0.0625. The average Bonchev–Trinajstić information content (AvgIpc) is 2.62. The van der Waals surface area contributed by atoms with E-state index in [1.54, 1.807) is 6.20 Å². The summed E-state index contributed by atoms with van der Waals surface area (Å²) in [5, 5.41) is 0. The average molecular weight is 383 g/mol. The van der Waals surface area contributed by atoms with Gasteiger partial charge >= 0.3 is 5.51 Å². The number of H-pyrrole nitrogens is 1. The molecule has 0 aliphatic heterocycles. The number of alkyl halides is 3. The topological polar surface area (TPSA) is 97.1 Å². The zero-order valence-electron chi connectivity index (χ0n) is 13.0. The Balaban J connectivity index is 0.000000260. The maximum absolute atomic E-state index is 10.7. The van der Waals surface area contributed by atoms with Crippen LogP contribution in [0.15, 0.2) is 67.0 Å². The molecule has 1 N–H and O–H groups in total. The Labute approximate surface area is 147 Å². The summed E-state index contributed by atoms with van der Waals surface area (Å²) >= 11 is 0. The number of aromatic amines is 1. The fourth-order valence-electron chi connectivity index (χ4n) is 1.79. The van der Waals surface area contributed by atoms with Crippen molar-refractivity contribution >= 4 is 10.1 Å². The van der Waals surface area contributed by atoms with Gasteiger partial charge in [-0.2, -0.15) is 13.2 Å². The summed E-state index contributed by atoms with van der Waals surface area (Å²) < 4.78 is 58.9. The lowest BCUT2D eigenvalue weighted by atomic mass is 10.2. The van der Waals surface area contributed by atoms with Crippen LogP contribution in [-0.2, 0) is 10.1 Å². The molecule has 0 unspecified atom stereocenters. The summed E-state index contributed by atoms with van der Waals surface area (Å²) in [5.41, 5.74) is -1.97. The molecule has 0 spiro atoms. The van der Waals surface area contributed by atoms with Crippen LogP contribution < -0.4 is 4.98 Å². The Morgan fingerprint density at radius 1 is 0.885 bits per heavy atom. The van der Waals surface area contributed by atoms with E-state index in [4.69, 9.17) is 13.0 Å².